The average molecular weight is 952 g/mol. The van der Waals surface area contributed by atoms with E-state index in [0.717, 1.165) is 38.5 Å². The molecule has 17 atom stereocenters. The first-order valence-electron chi connectivity index (χ1n) is 24.6. The number of unbranched alkanes of at least 4 members (excludes halogenated alkanes) is 15. The summed E-state index contributed by atoms with van der Waals surface area (Å²) in [6.07, 6.45) is 0.905. The molecule has 17 unspecified atom stereocenters. The quantitative estimate of drug-likeness (QED) is 0.0321. The lowest BCUT2D eigenvalue weighted by atomic mass is 9.96. The molecule has 19 heteroatoms. The predicted molar refractivity (Wildman–Crippen MR) is 240 cm³/mol. The molecule has 3 fully saturated rings. The van der Waals surface area contributed by atoms with Crippen LogP contribution in [0.2, 0.25) is 0 Å². The third-order valence-corrected chi connectivity index (χ3v) is 12.5. The van der Waals surface area contributed by atoms with Gasteiger partial charge in [-0.1, -0.05) is 128 Å². The molecule has 0 spiro atoms. The van der Waals surface area contributed by atoms with Gasteiger partial charge in [-0.15, -0.1) is 0 Å². The van der Waals surface area contributed by atoms with E-state index < -0.39 is 124 Å². The van der Waals surface area contributed by atoms with E-state index in [1.54, 1.807) is 12.2 Å². The largest absolute Gasteiger partial charge is 0.394 e. The number of ether oxygens (including phenoxy) is 6. The fourth-order valence-corrected chi connectivity index (χ4v) is 8.33. The van der Waals surface area contributed by atoms with Crippen LogP contribution in [-0.4, -0.2) is 193 Å². The van der Waals surface area contributed by atoms with Crippen molar-refractivity contribution in [2.75, 3.05) is 26.4 Å². The fourth-order valence-electron chi connectivity index (χ4n) is 8.33. The molecule has 66 heavy (non-hydrogen) atoms. The summed E-state index contributed by atoms with van der Waals surface area (Å²) >= 11 is 0. The highest BCUT2D eigenvalue weighted by molar-refractivity contribution is 5.76. The second-order valence-corrected chi connectivity index (χ2v) is 17.9. The Kier molecular flexibility index (Phi) is 29.3. The zero-order chi connectivity index (χ0) is 48.4. The Hall–Kier alpha value is -1.73. The van der Waals surface area contributed by atoms with Gasteiger partial charge in [0.15, 0.2) is 18.9 Å². The van der Waals surface area contributed by atoms with E-state index in [1.165, 1.54) is 64.2 Å². The van der Waals surface area contributed by atoms with Gasteiger partial charge in [0.2, 0.25) is 5.91 Å². The van der Waals surface area contributed by atoms with E-state index in [4.69, 9.17) is 28.4 Å². The van der Waals surface area contributed by atoms with Gasteiger partial charge in [-0.25, -0.2) is 0 Å². The normalized spacial score (nSPS) is 34.0. The van der Waals surface area contributed by atoms with Crippen LogP contribution in [0.1, 0.15) is 136 Å². The SMILES string of the molecule is CCC/C=C/CC/C=C/C(O)C(COC1OC(CO)C(OC2OC(CO)C(OC3OC(CO)C(O)C(O)C3O)C(O)C2O)C(O)C1O)NC(=O)CCCCCCCCCCCCCCCC. The third-order valence-electron chi connectivity index (χ3n) is 12.5. The zero-order valence-electron chi connectivity index (χ0n) is 39.2. The molecule has 3 heterocycles. The van der Waals surface area contributed by atoms with E-state index >= 15 is 0 Å². The number of carbonyl (C=O) groups excluding carboxylic acids is 1. The Balaban J connectivity index is 1.55. The van der Waals surface area contributed by atoms with Gasteiger partial charge in [-0.2, -0.15) is 0 Å². The average Bonchev–Trinajstić information content (AvgIpc) is 3.31. The van der Waals surface area contributed by atoms with Crippen molar-refractivity contribution >= 4 is 5.91 Å². The fraction of sp³-hybridized carbons (Fsp3) is 0.894. The van der Waals surface area contributed by atoms with Crippen LogP contribution in [0.3, 0.4) is 0 Å². The van der Waals surface area contributed by atoms with Gasteiger partial charge < -0.3 is 89.9 Å². The molecule has 1 amide bonds. The van der Waals surface area contributed by atoms with Gasteiger partial charge in [0.05, 0.1) is 38.6 Å². The molecule has 3 aliphatic rings. The molecule has 19 nitrogen and oxygen atoms in total. The van der Waals surface area contributed by atoms with Crippen LogP contribution in [0.15, 0.2) is 24.3 Å². The molecule has 0 aromatic carbocycles. The van der Waals surface area contributed by atoms with Crippen molar-refractivity contribution in [3.8, 4) is 0 Å². The molecule has 0 aromatic rings. The van der Waals surface area contributed by atoms with Crippen LogP contribution in [-0.2, 0) is 33.2 Å². The van der Waals surface area contributed by atoms with Crippen LogP contribution in [0, 0.1) is 0 Å². The molecule has 0 aromatic heterocycles. The third kappa shape index (κ3) is 19.2. The molecule has 386 valence electrons. The second-order valence-electron chi connectivity index (χ2n) is 17.9. The second kappa shape index (κ2) is 33.0. The summed E-state index contributed by atoms with van der Waals surface area (Å²) in [6.45, 7) is 1.54. The number of amides is 1. The first-order chi connectivity index (χ1) is 31.8. The van der Waals surface area contributed by atoms with Gasteiger partial charge in [-0.05, 0) is 25.7 Å². The lowest BCUT2D eigenvalue weighted by Gasteiger charge is -2.48. The van der Waals surface area contributed by atoms with Crippen molar-refractivity contribution in [1.82, 2.24) is 5.32 Å². The lowest BCUT2D eigenvalue weighted by molar-refractivity contribution is -0.379. The minimum absolute atomic E-state index is 0.238. The minimum atomic E-state index is -1.98. The van der Waals surface area contributed by atoms with Crippen LogP contribution < -0.4 is 5.32 Å². The minimum Gasteiger partial charge on any atom is -0.394 e. The monoisotopic (exact) mass is 952 g/mol. The van der Waals surface area contributed by atoms with Crippen molar-refractivity contribution in [2.45, 2.75) is 240 Å². The predicted octanol–water partition coefficient (Wildman–Crippen LogP) is 0.861. The number of rotatable bonds is 33. The van der Waals surface area contributed by atoms with E-state index in [9.17, 15) is 61.0 Å². The van der Waals surface area contributed by atoms with Gasteiger partial charge in [0.25, 0.3) is 0 Å². The molecule has 3 saturated heterocycles. The number of hydrogen-bond donors (Lipinski definition) is 12. The number of allylic oxidation sites excluding steroid dienone is 3. The van der Waals surface area contributed by atoms with E-state index in [1.807, 2.05) is 0 Å². The van der Waals surface area contributed by atoms with E-state index in [2.05, 4.69) is 31.3 Å². The summed E-state index contributed by atoms with van der Waals surface area (Å²) in [4.78, 5) is 13.1. The summed E-state index contributed by atoms with van der Waals surface area (Å²) in [5, 5.41) is 119. The van der Waals surface area contributed by atoms with Gasteiger partial charge in [-0.3, -0.25) is 4.79 Å². The molecule has 0 aliphatic carbocycles. The molecule has 3 rings (SSSR count). The highest BCUT2D eigenvalue weighted by Gasteiger charge is 2.53. The standard InChI is InChI=1S/C47H85NO18/c1-3-5-7-9-11-12-13-14-15-16-17-19-21-23-25-35(53)48-30(31(52)24-22-20-18-10-8-6-4-2)29-61-45-41(59)38(56)43(33(27-50)63-45)66-47-42(60)39(57)44(34(28-51)64-47)65-46-40(58)37(55)36(54)32(26-49)62-46/h8,10,22,24,30-34,36-47,49-52,54-60H,3-7,9,11-21,23,25-29H2,1-2H3,(H,48,53)/b10-8+,24-22+. The van der Waals surface area contributed by atoms with Crippen LogP contribution >= 0.6 is 0 Å². The summed E-state index contributed by atoms with van der Waals surface area (Å²) in [7, 11) is 0. The number of nitrogens with one attached hydrogen (secondary N) is 1. The Morgan fingerprint density at radius 3 is 1.48 bits per heavy atom. The molecular formula is C47H85NO18. The number of hydrogen-bond acceptors (Lipinski definition) is 18. The maximum Gasteiger partial charge on any atom is 0.220 e. The topological polar surface area (TPSA) is 307 Å². The van der Waals surface area contributed by atoms with Crippen molar-refractivity contribution in [1.29, 1.82) is 0 Å². The zero-order valence-corrected chi connectivity index (χ0v) is 39.2. The van der Waals surface area contributed by atoms with Crippen molar-refractivity contribution < 1.29 is 89.4 Å². The van der Waals surface area contributed by atoms with Crippen LogP contribution in [0.4, 0.5) is 0 Å². The first-order valence-corrected chi connectivity index (χ1v) is 24.6. The number of aliphatic hydroxyl groups is 11. The summed E-state index contributed by atoms with van der Waals surface area (Å²) < 4.78 is 34.0. The van der Waals surface area contributed by atoms with E-state index in [-0.39, 0.29) is 18.9 Å². The van der Waals surface area contributed by atoms with Crippen molar-refractivity contribution in [3.63, 3.8) is 0 Å². The highest BCUT2D eigenvalue weighted by Crippen LogP contribution is 2.33. The molecule has 0 saturated carbocycles. The lowest BCUT2D eigenvalue weighted by Crippen LogP contribution is -2.66. The number of carbonyl (C=O) groups is 1. The summed E-state index contributed by atoms with van der Waals surface area (Å²) in [5.41, 5.74) is 0. The van der Waals surface area contributed by atoms with Crippen molar-refractivity contribution in [3.05, 3.63) is 24.3 Å². The molecule has 3 aliphatic heterocycles. The Morgan fingerprint density at radius 2 is 0.970 bits per heavy atom. The van der Waals surface area contributed by atoms with Crippen LogP contribution in [0.5, 0.6) is 0 Å². The maximum atomic E-state index is 13.1. The van der Waals surface area contributed by atoms with Gasteiger partial charge in [0.1, 0.15) is 73.2 Å². The Labute approximate surface area is 390 Å². The Morgan fingerprint density at radius 1 is 0.530 bits per heavy atom. The first kappa shape index (κ1) is 58.6. The van der Waals surface area contributed by atoms with E-state index in [0.29, 0.717) is 12.8 Å². The summed E-state index contributed by atoms with van der Waals surface area (Å²) in [5.74, 6) is -0.292. The van der Waals surface area contributed by atoms with Gasteiger partial charge >= 0.3 is 0 Å². The molecular weight excluding hydrogens is 867 g/mol. The smallest absolute Gasteiger partial charge is 0.220 e. The number of aliphatic hydroxyl groups excluding tert-OH is 11. The highest BCUT2D eigenvalue weighted by atomic mass is 16.8. The maximum absolute atomic E-state index is 13.1. The summed E-state index contributed by atoms with van der Waals surface area (Å²) in [6, 6.07) is -0.980. The molecule has 0 bridgehead atoms. The van der Waals surface area contributed by atoms with Crippen LogP contribution in [0.25, 0.3) is 0 Å². The van der Waals surface area contributed by atoms with Crippen molar-refractivity contribution in [2.24, 2.45) is 0 Å². The van der Waals surface area contributed by atoms with Gasteiger partial charge in [0, 0.05) is 6.42 Å². The molecule has 12 N–H and O–H groups in total. The Bertz CT molecular complexity index is 1330. The molecule has 0 radical (unpaired) electrons.